The Kier molecular flexibility index (Phi) is 4.69. The second-order valence-corrected chi connectivity index (χ2v) is 7.33. The van der Waals surface area contributed by atoms with Crippen LogP contribution >= 0.6 is 11.6 Å². The first-order valence-electron chi connectivity index (χ1n) is 6.31. The third-order valence-electron chi connectivity index (χ3n) is 3.61. The number of ether oxygens (including phenoxy) is 1. The predicted octanol–water partition coefficient (Wildman–Crippen LogP) is 1.59. The molecule has 1 saturated carbocycles. The van der Waals surface area contributed by atoms with Gasteiger partial charge in [-0.1, -0.05) is 19.3 Å². The van der Waals surface area contributed by atoms with Crippen LogP contribution in [0, 0.1) is 0 Å². The zero-order valence-electron chi connectivity index (χ0n) is 9.98. The highest BCUT2D eigenvalue weighted by atomic mass is 35.5. The first kappa shape index (κ1) is 13.6. The zero-order valence-corrected chi connectivity index (χ0v) is 11.5. The molecule has 6 heteroatoms. The molecule has 0 radical (unpaired) electrons. The molecule has 1 heterocycles. The molecule has 1 atom stereocenters. The van der Waals surface area contributed by atoms with Crippen LogP contribution in [0.3, 0.4) is 0 Å². The highest BCUT2D eigenvalue weighted by molar-refractivity contribution is 7.89. The molecule has 1 aliphatic heterocycles. The van der Waals surface area contributed by atoms with Gasteiger partial charge in [-0.2, -0.15) is 4.31 Å². The SMILES string of the molecule is O=S(=O)(C1CCCCC1)N1CCOC(CCl)C1. The van der Waals surface area contributed by atoms with Gasteiger partial charge in [0, 0.05) is 19.0 Å². The van der Waals surface area contributed by atoms with E-state index in [1.807, 2.05) is 0 Å². The minimum absolute atomic E-state index is 0.149. The second-order valence-electron chi connectivity index (χ2n) is 4.81. The zero-order chi connectivity index (χ0) is 12.3. The fourth-order valence-corrected chi connectivity index (χ4v) is 4.83. The summed E-state index contributed by atoms with van der Waals surface area (Å²) in [6.07, 6.45) is 4.71. The van der Waals surface area contributed by atoms with Crippen LogP contribution in [0.15, 0.2) is 0 Å². The molecule has 0 aromatic heterocycles. The lowest BCUT2D eigenvalue weighted by Gasteiger charge is -2.34. The Hall–Kier alpha value is 0.160. The molecule has 17 heavy (non-hydrogen) atoms. The van der Waals surface area contributed by atoms with E-state index in [4.69, 9.17) is 16.3 Å². The maximum atomic E-state index is 12.4. The van der Waals surface area contributed by atoms with Crippen LogP contribution in [-0.4, -0.2) is 49.7 Å². The molecule has 1 aliphatic carbocycles. The van der Waals surface area contributed by atoms with E-state index in [0.29, 0.717) is 25.6 Å². The number of rotatable bonds is 3. The molecule has 2 aliphatic rings. The molecule has 4 nitrogen and oxygen atoms in total. The Morgan fingerprint density at radius 2 is 1.94 bits per heavy atom. The number of nitrogens with zero attached hydrogens (tertiary/aromatic N) is 1. The molecule has 1 saturated heterocycles. The average molecular weight is 282 g/mol. The lowest BCUT2D eigenvalue weighted by atomic mass is 10.0. The van der Waals surface area contributed by atoms with E-state index in [9.17, 15) is 8.42 Å². The van der Waals surface area contributed by atoms with Gasteiger partial charge >= 0.3 is 0 Å². The van der Waals surface area contributed by atoms with E-state index in [0.717, 1.165) is 25.7 Å². The van der Waals surface area contributed by atoms with Crippen LogP contribution in [0.25, 0.3) is 0 Å². The second kappa shape index (κ2) is 5.87. The molecule has 0 spiro atoms. The van der Waals surface area contributed by atoms with Gasteiger partial charge in [-0.05, 0) is 12.8 Å². The number of alkyl halides is 1. The smallest absolute Gasteiger partial charge is 0.217 e. The number of morpholine rings is 1. The molecule has 0 aromatic carbocycles. The standard InChI is InChI=1S/C11H20ClNO3S/c12-8-10-9-13(6-7-16-10)17(14,15)11-4-2-1-3-5-11/h10-11H,1-9H2. The topological polar surface area (TPSA) is 46.6 Å². The lowest BCUT2D eigenvalue weighted by Crippen LogP contribution is -2.49. The Labute approximate surface area is 108 Å². The minimum atomic E-state index is -3.13. The summed E-state index contributed by atoms with van der Waals surface area (Å²) in [7, 11) is -3.13. The summed E-state index contributed by atoms with van der Waals surface area (Å²) in [6.45, 7) is 1.36. The molecule has 0 aromatic rings. The van der Waals surface area contributed by atoms with Gasteiger partial charge in [0.05, 0.1) is 18.0 Å². The number of halogens is 1. The Balaban J connectivity index is 2.03. The van der Waals surface area contributed by atoms with Crippen LogP contribution in [0.4, 0.5) is 0 Å². The van der Waals surface area contributed by atoms with Crippen LogP contribution in [0.5, 0.6) is 0 Å². The summed E-state index contributed by atoms with van der Waals surface area (Å²) >= 11 is 5.74. The monoisotopic (exact) mass is 281 g/mol. The summed E-state index contributed by atoms with van der Waals surface area (Å²) in [4.78, 5) is 0. The van der Waals surface area contributed by atoms with Crippen molar-refractivity contribution in [1.82, 2.24) is 4.31 Å². The fraction of sp³-hybridized carbons (Fsp3) is 1.00. The van der Waals surface area contributed by atoms with E-state index in [-0.39, 0.29) is 11.4 Å². The summed E-state index contributed by atoms with van der Waals surface area (Å²) in [5, 5.41) is -0.176. The molecule has 100 valence electrons. The normalized spacial score (nSPS) is 29.4. The molecule has 2 fully saturated rings. The quantitative estimate of drug-likeness (QED) is 0.738. The Bertz CT molecular complexity index is 341. The molecule has 1 unspecified atom stereocenters. The van der Waals surface area contributed by atoms with Crippen molar-refractivity contribution < 1.29 is 13.2 Å². The maximum Gasteiger partial charge on any atom is 0.217 e. The average Bonchev–Trinajstić information content (AvgIpc) is 2.40. The predicted molar refractivity (Wildman–Crippen MR) is 67.8 cm³/mol. The van der Waals surface area contributed by atoms with Gasteiger partial charge in [0.25, 0.3) is 0 Å². The van der Waals surface area contributed by atoms with E-state index in [1.54, 1.807) is 4.31 Å². The molecule has 0 amide bonds. The van der Waals surface area contributed by atoms with Crippen molar-refractivity contribution in [3.8, 4) is 0 Å². The minimum Gasteiger partial charge on any atom is -0.374 e. The lowest BCUT2D eigenvalue weighted by molar-refractivity contribution is 0.0118. The van der Waals surface area contributed by atoms with Crippen LogP contribution < -0.4 is 0 Å². The molecule has 0 bridgehead atoms. The molecular weight excluding hydrogens is 262 g/mol. The van der Waals surface area contributed by atoms with Gasteiger partial charge in [0.1, 0.15) is 0 Å². The van der Waals surface area contributed by atoms with Crippen molar-refractivity contribution in [2.75, 3.05) is 25.6 Å². The van der Waals surface area contributed by atoms with Gasteiger partial charge < -0.3 is 4.74 Å². The van der Waals surface area contributed by atoms with Gasteiger partial charge in [0.2, 0.25) is 10.0 Å². The number of sulfonamides is 1. The van der Waals surface area contributed by atoms with Gasteiger partial charge in [0.15, 0.2) is 0 Å². The molecular formula is C11H20ClNO3S. The summed E-state index contributed by atoms with van der Waals surface area (Å²) in [6, 6.07) is 0. The van der Waals surface area contributed by atoms with Crippen LogP contribution in [-0.2, 0) is 14.8 Å². The Morgan fingerprint density at radius 3 is 2.59 bits per heavy atom. The number of hydrogen-bond donors (Lipinski definition) is 0. The van der Waals surface area contributed by atoms with E-state index >= 15 is 0 Å². The van der Waals surface area contributed by atoms with Crippen molar-refractivity contribution in [3.63, 3.8) is 0 Å². The van der Waals surface area contributed by atoms with E-state index in [1.165, 1.54) is 6.42 Å². The third kappa shape index (κ3) is 3.13. The van der Waals surface area contributed by atoms with Gasteiger partial charge in [-0.15, -0.1) is 11.6 Å². The summed E-state index contributed by atoms with van der Waals surface area (Å²) in [5.41, 5.74) is 0. The largest absolute Gasteiger partial charge is 0.374 e. The highest BCUT2D eigenvalue weighted by Gasteiger charge is 2.35. The van der Waals surface area contributed by atoms with Crippen LogP contribution in [0.2, 0.25) is 0 Å². The fourth-order valence-electron chi connectivity index (χ4n) is 2.59. The molecule has 2 rings (SSSR count). The van der Waals surface area contributed by atoms with Gasteiger partial charge in [-0.3, -0.25) is 0 Å². The first-order valence-corrected chi connectivity index (χ1v) is 8.35. The maximum absolute atomic E-state index is 12.4. The Morgan fingerprint density at radius 1 is 1.24 bits per heavy atom. The van der Waals surface area contributed by atoms with E-state index in [2.05, 4.69) is 0 Å². The first-order chi connectivity index (χ1) is 8.14. The summed E-state index contributed by atoms with van der Waals surface area (Å²) in [5.74, 6) is 0.358. The summed E-state index contributed by atoms with van der Waals surface area (Å²) < 4.78 is 31.8. The highest BCUT2D eigenvalue weighted by Crippen LogP contribution is 2.27. The van der Waals surface area contributed by atoms with Crippen LogP contribution in [0.1, 0.15) is 32.1 Å². The van der Waals surface area contributed by atoms with Gasteiger partial charge in [-0.25, -0.2) is 8.42 Å². The van der Waals surface area contributed by atoms with Crippen molar-refractivity contribution >= 4 is 21.6 Å². The van der Waals surface area contributed by atoms with E-state index < -0.39 is 10.0 Å². The van der Waals surface area contributed by atoms with Crippen molar-refractivity contribution in [2.24, 2.45) is 0 Å². The molecule has 0 N–H and O–H groups in total. The number of hydrogen-bond acceptors (Lipinski definition) is 3. The van der Waals surface area contributed by atoms with Crippen molar-refractivity contribution in [2.45, 2.75) is 43.5 Å². The van der Waals surface area contributed by atoms with Crippen molar-refractivity contribution in [3.05, 3.63) is 0 Å². The van der Waals surface area contributed by atoms with Crippen molar-refractivity contribution in [1.29, 1.82) is 0 Å². The third-order valence-corrected chi connectivity index (χ3v) is 6.32.